The predicted molar refractivity (Wildman–Crippen MR) is 80.7 cm³/mol. The maximum absolute atomic E-state index is 12.8. The fourth-order valence-corrected chi connectivity index (χ4v) is 2.44. The minimum atomic E-state index is -0.0188. The predicted octanol–water partition coefficient (Wildman–Crippen LogP) is 3.12. The number of hydrogen-bond acceptors (Lipinski definition) is 3. The smallest absolute Gasteiger partial charge is 0.195 e. The van der Waals surface area contributed by atoms with Crippen LogP contribution in [0.5, 0.6) is 0 Å². The normalized spacial score (nSPS) is 10.6. The van der Waals surface area contributed by atoms with E-state index in [1.165, 1.54) is 4.80 Å². The molecule has 4 nitrogen and oxygen atoms in total. The fourth-order valence-electron chi connectivity index (χ4n) is 2.44. The molecule has 0 radical (unpaired) electrons. The number of aryl methyl sites for hydroxylation is 2. The molecule has 104 valence electrons. The van der Waals surface area contributed by atoms with Crippen molar-refractivity contribution < 1.29 is 4.79 Å². The lowest BCUT2D eigenvalue weighted by molar-refractivity contribution is 0.103. The third-order valence-electron chi connectivity index (χ3n) is 3.27. The van der Waals surface area contributed by atoms with Gasteiger partial charge in [-0.1, -0.05) is 29.3 Å². The third kappa shape index (κ3) is 2.60. The molecule has 0 aliphatic carbocycles. The van der Waals surface area contributed by atoms with Gasteiger partial charge in [0, 0.05) is 5.56 Å². The van der Waals surface area contributed by atoms with Crippen molar-refractivity contribution in [1.82, 2.24) is 15.0 Å². The number of aromatic nitrogens is 3. The second-order valence-corrected chi connectivity index (χ2v) is 5.04. The standard InChI is InChI=1S/C17H15N3O/c1-12-9-13(2)11-14(10-12)17(21)15-5-3-4-6-16(15)20-18-7-8-19-20/h3-11H,1-2H3. The van der Waals surface area contributed by atoms with Gasteiger partial charge in [0.25, 0.3) is 0 Å². The van der Waals surface area contributed by atoms with Gasteiger partial charge in [-0.25, -0.2) is 0 Å². The molecule has 0 saturated heterocycles. The topological polar surface area (TPSA) is 47.8 Å². The largest absolute Gasteiger partial charge is 0.289 e. The Hall–Kier alpha value is -2.75. The van der Waals surface area contributed by atoms with E-state index in [9.17, 15) is 4.79 Å². The maximum atomic E-state index is 12.8. The van der Waals surface area contributed by atoms with Crippen molar-refractivity contribution >= 4 is 5.78 Å². The van der Waals surface area contributed by atoms with Crippen molar-refractivity contribution in [3.63, 3.8) is 0 Å². The van der Waals surface area contributed by atoms with Crippen molar-refractivity contribution in [1.29, 1.82) is 0 Å². The van der Waals surface area contributed by atoms with Crippen molar-refractivity contribution in [3.8, 4) is 5.69 Å². The van der Waals surface area contributed by atoms with Crippen LogP contribution in [0.3, 0.4) is 0 Å². The van der Waals surface area contributed by atoms with E-state index in [1.807, 2.05) is 44.2 Å². The lowest BCUT2D eigenvalue weighted by Gasteiger charge is -2.09. The van der Waals surface area contributed by atoms with Gasteiger partial charge in [0.05, 0.1) is 23.6 Å². The van der Waals surface area contributed by atoms with Crippen LogP contribution in [0.2, 0.25) is 0 Å². The molecule has 0 fully saturated rings. The number of benzene rings is 2. The van der Waals surface area contributed by atoms with Crippen LogP contribution in [-0.4, -0.2) is 20.8 Å². The van der Waals surface area contributed by atoms with Gasteiger partial charge in [0.2, 0.25) is 0 Å². The Kier molecular flexibility index (Phi) is 3.36. The first-order chi connectivity index (χ1) is 10.1. The van der Waals surface area contributed by atoms with Gasteiger partial charge in [-0.05, 0) is 38.1 Å². The summed E-state index contributed by atoms with van der Waals surface area (Å²) in [5, 5.41) is 8.22. The zero-order valence-electron chi connectivity index (χ0n) is 11.9. The molecule has 0 aliphatic rings. The highest BCUT2D eigenvalue weighted by molar-refractivity contribution is 6.11. The Labute approximate surface area is 123 Å². The van der Waals surface area contributed by atoms with Crippen molar-refractivity contribution in [3.05, 3.63) is 77.1 Å². The molecule has 0 atom stereocenters. The summed E-state index contributed by atoms with van der Waals surface area (Å²) in [6.45, 7) is 3.98. The molecule has 0 amide bonds. The average Bonchev–Trinajstić information content (AvgIpc) is 2.99. The molecule has 21 heavy (non-hydrogen) atoms. The average molecular weight is 277 g/mol. The first-order valence-corrected chi connectivity index (χ1v) is 6.74. The van der Waals surface area contributed by atoms with E-state index in [0.717, 1.165) is 11.1 Å². The lowest BCUT2D eigenvalue weighted by atomic mass is 9.98. The molecule has 3 aromatic rings. The van der Waals surface area contributed by atoms with E-state index in [-0.39, 0.29) is 5.78 Å². The van der Waals surface area contributed by atoms with Crippen LogP contribution in [0.15, 0.2) is 54.9 Å². The van der Waals surface area contributed by atoms with Crippen LogP contribution >= 0.6 is 0 Å². The molecule has 4 heteroatoms. The van der Waals surface area contributed by atoms with Gasteiger partial charge in [0.15, 0.2) is 5.78 Å². The zero-order valence-corrected chi connectivity index (χ0v) is 11.9. The first-order valence-electron chi connectivity index (χ1n) is 6.74. The number of carbonyl (C=O) groups is 1. The van der Waals surface area contributed by atoms with Gasteiger partial charge < -0.3 is 0 Å². The van der Waals surface area contributed by atoms with E-state index in [4.69, 9.17) is 0 Å². The highest BCUT2D eigenvalue weighted by Crippen LogP contribution is 2.19. The highest BCUT2D eigenvalue weighted by atomic mass is 16.1. The molecule has 0 bridgehead atoms. The van der Waals surface area contributed by atoms with Crippen molar-refractivity contribution in [2.75, 3.05) is 0 Å². The molecular weight excluding hydrogens is 262 g/mol. The van der Waals surface area contributed by atoms with Crippen LogP contribution in [0.25, 0.3) is 5.69 Å². The SMILES string of the molecule is Cc1cc(C)cc(C(=O)c2ccccc2-n2nccn2)c1. The van der Waals surface area contributed by atoms with Gasteiger partial charge in [0.1, 0.15) is 0 Å². The minimum absolute atomic E-state index is 0.0188. The van der Waals surface area contributed by atoms with E-state index >= 15 is 0 Å². The second kappa shape index (κ2) is 5.32. The summed E-state index contributed by atoms with van der Waals surface area (Å²) in [4.78, 5) is 14.3. The number of ketones is 1. The molecular formula is C17H15N3O. The Morgan fingerprint density at radius 2 is 1.57 bits per heavy atom. The van der Waals surface area contributed by atoms with Crippen LogP contribution in [0.4, 0.5) is 0 Å². The highest BCUT2D eigenvalue weighted by Gasteiger charge is 2.15. The summed E-state index contributed by atoms with van der Waals surface area (Å²) in [6.07, 6.45) is 3.19. The zero-order chi connectivity index (χ0) is 14.8. The van der Waals surface area contributed by atoms with Crippen LogP contribution < -0.4 is 0 Å². The molecule has 1 aromatic heterocycles. The first kappa shape index (κ1) is 13.2. The summed E-state index contributed by atoms with van der Waals surface area (Å²) < 4.78 is 0. The molecule has 0 N–H and O–H groups in total. The number of para-hydroxylation sites is 1. The summed E-state index contributed by atoms with van der Waals surface area (Å²) in [6, 6.07) is 13.2. The van der Waals surface area contributed by atoms with Crippen LogP contribution in [-0.2, 0) is 0 Å². The quantitative estimate of drug-likeness (QED) is 0.691. The number of rotatable bonds is 3. The van der Waals surface area contributed by atoms with Crippen molar-refractivity contribution in [2.24, 2.45) is 0 Å². The minimum Gasteiger partial charge on any atom is -0.289 e. The van der Waals surface area contributed by atoms with Crippen molar-refractivity contribution in [2.45, 2.75) is 13.8 Å². The number of nitrogens with zero attached hydrogens (tertiary/aromatic N) is 3. The van der Waals surface area contributed by atoms with Gasteiger partial charge >= 0.3 is 0 Å². The Morgan fingerprint density at radius 3 is 2.24 bits per heavy atom. The molecule has 1 heterocycles. The van der Waals surface area contributed by atoms with Gasteiger partial charge in [-0.3, -0.25) is 4.79 Å². The monoisotopic (exact) mass is 277 g/mol. The van der Waals surface area contributed by atoms with E-state index in [2.05, 4.69) is 16.3 Å². The van der Waals surface area contributed by atoms with Gasteiger partial charge in [-0.15, -0.1) is 0 Å². The molecule has 0 saturated carbocycles. The van der Waals surface area contributed by atoms with Gasteiger partial charge in [-0.2, -0.15) is 15.0 Å². The molecule has 0 unspecified atom stereocenters. The Balaban J connectivity index is 2.10. The van der Waals surface area contributed by atoms with Crippen LogP contribution in [0.1, 0.15) is 27.0 Å². The third-order valence-corrected chi connectivity index (χ3v) is 3.27. The van der Waals surface area contributed by atoms with E-state index < -0.39 is 0 Å². The van der Waals surface area contributed by atoms with E-state index in [0.29, 0.717) is 16.8 Å². The second-order valence-electron chi connectivity index (χ2n) is 5.04. The van der Waals surface area contributed by atoms with Crippen LogP contribution in [0, 0.1) is 13.8 Å². The maximum Gasteiger partial charge on any atom is 0.195 e. The lowest BCUT2D eigenvalue weighted by Crippen LogP contribution is -2.09. The summed E-state index contributed by atoms with van der Waals surface area (Å²) in [5.41, 5.74) is 4.12. The number of carbonyl (C=O) groups excluding carboxylic acids is 1. The number of hydrogen-bond donors (Lipinski definition) is 0. The summed E-state index contributed by atoms with van der Waals surface area (Å²) >= 11 is 0. The Morgan fingerprint density at radius 1 is 0.952 bits per heavy atom. The molecule has 0 spiro atoms. The Bertz CT molecular complexity index is 771. The fraction of sp³-hybridized carbons (Fsp3) is 0.118. The molecule has 2 aromatic carbocycles. The molecule has 3 rings (SSSR count). The summed E-state index contributed by atoms with van der Waals surface area (Å²) in [5.74, 6) is -0.0188. The van der Waals surface area contributed by atoms with E-state index in [1.54, 1.807) is 18.5 Å². The molecule has 0 aliphatic heterocycles. The summed E-state index contributed by atoms with van der Waals surface area (Å²) in [7, 11) is 0.